The molecule has 25 heavy (non-hydrogen) atoms. The lowest BCUT2D eigenvalue weighted by atomic mass is 9.71. The maximum Gasteiger partial charge on any atom is 0.312 e. The number of carbonyl (C=O) groups excluding carboxylic acids is 1. The van der Waals surface area contributed by atoms with Crippen LogP contribution in [-0.2, 0) is 9.53 Å². The third kappa shape index (κ3) is 3.73. The van der Waals surface area contributed by atoms with Gasteiger partial charge in [0.1, 0.15) is 6.10 Å². The normalized spacial score (nSPS) is 26.1. The van der Waals surface area contributed by atoms with Gasteiger partial charge >= 0.3 is 5.97 Å². The maximum atomic E-state index is 12.7. The maximum absolute atomic E-state index is 12.7. The highest BCUT2D eigenvalue weighted by molar-refractivity contribution is 6.30. The monoisotopic (exact) mass is 375 g/mol. The molecule has 1 saturated heterocycles. The van der Waals surface area contributed by atoms with Gasteiger partial charge in [-0.1, -0.05) is 41.4 Å². The summed E-state index contributed by atoms with van der Waals surface area (Å²) < 4.78 is 5.89. The van der Waals surface area contributed by atoms with Crippen molar-refractivity contribution in [3.8, 4) is 0 Å². The third-order valence-electron chi connectivity index (χ3n) is 4.71. The van der Waals surface area contributed by atoms with Crippen LogP contribution in [0.4, 0.5) is 0 Å². The van der Waals surface area contributed by atoms with E-state index in [0.29, 0.717) is 22.9 Å². The first-order valence-electron chi connectivity index (χ1n) is 8.11. The van der Waals surface area contributed by atoms with Gasteiger partial charge in [-0.2, -0.15) is 0 Å². The van der Waals surface area contributed by atoms with Gasteiger partial charge in [-0.25, -0.2) is 0 Å². The van der Waals surface area contributed by atoms with Crippen LogP contribution in [0.1, 0.15) is 42.9 Å². The van der Waals surface area contributed by atoms with Crippen LogP contribution < -0.4 is 0 Å². The first kappa shape index (κ1) is 18.0. The number of ether oxygens (including phenoxy) is 1. The van der Waals surface area contributed by atoms with Crippen molar-refractivity contribution in [2.75, 3.05) is 0 Å². The van der Waals surface area contributed by atoms with Crippen molar-refractivity contribution in [3.05, 3.63) is 76.6 Å². The van der Waals surface area contributed by atoms with Crippen LogP contribution in [0, 0.1) is 5.41 Å². The first-order valence-corrected chi connectivity index (χ1v) is 8.86. The Morgan fingerprint density at radius 2 is 1.96 bits per heavy atom. The van der Waals surface area contributed by atoms with Crippen molar-refractivity contribution in [2.45, 2.75) is 31.8 Å². The Morgan fingerprint density at radius 3 is 2.60 bits per heavy atom. The van der Waals surface area contributed by atoms with E-state index in [1.165, 1.54) is 0 Å². The number of carbonyl (C=O) groups is 1. The molecule has 0 saturated carbocycles. The van der Waals surface area contributed by atoms with E-state index in [0.717, 1.165) is 11.1 Å². The van der Waals surface area contributed by atoms with Crippen LogP contribution in [-0.4, -0.2) is 11.0 Å². The topological polar surface area (TPSA) is 39.2 Å². The zero-order valence-corrected chi connectivity index (χ0v) is 15.4. The Hall–Kier alpha value is -1.84. The number of allylic oxidation sites excluding steroid dienone is 1. The van der Waals surface area contributed by atoms with E-state index in [9.17, 15) is 4.79 Å². The fourth-order valence-corrected chi connectivity index (χ4v) is 3.69. The second-order valence-corrected chi connectivity index (χ2v) is 7.55. The van der Waals surface area contributed by atoms with Crippen LogP contribution in [0.2, 0.25) is 10.0 Å². The van der Waals surface area contributed by atoms with Gasteiger partial charge in [0.2, 0.25) is 0 Å². The standard InChI is InChI=1S/C20H19Cl2NO2/c1-3-8-20(2)10-17(14-9-16(22)12-23-11-14)18(25-19(20)24)13-4-6-15(21)7-5-13/h3-7,9,11-12,17-18H,1,8,10H2,2H3/t17-,18+,20+/m1/s1. The summed E-state index contributed by atoms with van der Waals surface area (Å²) in [6.07, 6.45) is 5.93. The molecule has 3 nitrogen and oxygen atoms in total. The smallest absolute Gasteiger partial charge is 0.312 e. The second kappa shape index (κ2) is 7.19. The lowest BCUT2D eigenvalue weighted by Gasteiger charge is -2.41. The lowest BCUT2D eigenvalue weighted by Crippen LogP contribution is -2.39. The molecule has 1 aromatic heterocycles. The van der Waals surface area contributed by atoms with Crippen LogP contribution in [0.15, 0.2) is 55.4 Å². The molecular formula is C20H19Cl2NO2. The van der Waals surface area contributed by atoms with Gasteiger partial charge in [-0.3, -0.25) is 9.78 Å². The fraction of sp³-hybridized carbons (Fsp3) is 0.300. The Bertz CT molecular complexity index is 791. The predicted molar refractivity (Wildman–Crippen MR) is 99.8 cm³/mol. The van der Waals surface area contributed by atoms with Gasteiger partial charge in [-0.05, 0) is 49.1 Å². The Morgan fingerprint density at radius 1 is 1.24 bits per heavy atom. The molecule has 0 bridgehead atoms. The lowest BCUT2D eigenvalue weighted by molar-refractivity contribution is -0.171. The number of hydrogen-bond donors (Lipinski definition) is 0. The number of pyridine rings is 1. The van der Waals surface area contributed by atoms with E-state index >= 15 is 0 Å². The fourth-order valence-electron chi connectivity index (χ4n) is 3.38. The summed E-state index contributed by atoms with van der Waals surface area (Å²) in [6.45, 7) is 5.69. The predicted octanol–water partition coefficient (Wildman–Crippen LogP) is 5.74. The van der Waals surface area contributed by atoms with Gasteiger partial charge in [0.05, 0.1) is 10.4 Å². The first-order chi connectivity index (χ1) is 11.9. The molecule has 3 rings (SSSR count). The highest BCUT2D eigenvalue weighted by Crippen LogP contribution is 2.49. The van der Waals surface area contributed by atoms with Gasteiger partial charge in [-0.15, -0.1) is 6.58 Å². The van der Waals surface area contributed by atoms with Crippen molar-refractivity contribution in [3.63, 3.8) is 0 Å². The molecule has 2 heterocycles. The van der Waals surface area contributed by atoms with Gasteiger partial charge in [0.15, 0.2) is 0 Å². The van der Waals surface area contributed by atoms with E-state index in [-0.39, 0.29) is 11.9 Å². The van der Waals surface area contributed by atoms with E-state index in [1.807, 2.05) is 25.1 Å². The summed E-state index contributed by atoms with van der Waals surface area (Å²) in [5.74, 6) is -0.256. The number of aromatic nitrogens is 1. The molecule has 3 atom stereocenters. The molecule has 2 aromatic rings. The van der Waals surface area contributed by atoms with Crippen LogP contribution in [0.3, 0.4) is 0 Å². The van der Waals surface area contributed by atoms with Crippen LogP contribution in [0.5, 0.6) is 0 Å². The summed E-state index contributed by atoms with van der Waals surface area (Å²) in [4.78, 5) is 16.9. The summed E-state index contributed by atoms with van der Waals surface area (Å²) in [7, 11) is 0. The van der Waals surface area contributed by atoms with Crippen molar-refractivity contribution in [2.24, 2.45) is 5.41 Å². The summed E-state index contributed by atoms with van der Waals surface area (Å²) in [5, 5.41) is 1.21. The molecule has 0 amide bonds. The van der Waals surface area contributed by atoms with Gasteiger partial charge in [0, 0.05) is 23.3 Å². The van der Waals surface area contributed by atoms with Crippen molar-refractivity contribution >= 4 is 29.2 Å². The number of benzene rings is 1. The number of rotatable bonds is 4. The van der Waals surface area contributed by atoms with Gasteiger partial charge in [0.25, 0.3) is 0 Å². The third-order valence-corrected chi connectivity index (χ3v) is 5.17. The van der Waals surface area contributed by atoms with E-state index < -0.39 is 11.5 Å². The van der Waals surface area contributed by atoms with E-state index in [4.69, 9.17) is 27.9 Å². The molecule has 130 valence electrons. The molecule has 1 aromatic carbocycles. The summed E-state index contributed by atoms with van der Waals surface area (Å²) in [5.41, 5.74) is 1.25. The summed E-state index contributed by atoms with van der Waals surface area (Å²) in [6, 6.07) is 9.27. The average molecular weight is 376 g/mol. The number of nitrogens with zero attached hydrogens (tertiary/aromatic N) is 1. The zero-order chi connectivity index (χ0) is 18.0. The van der Waals surface area contributed by atoms with Gasteiger partial charge < -0.3 is 4.74 Å². The van der Waals surface area contributed by atoms with Crippen molar-refractivity contribution < 1.29 is 9.53 Å². The van der Waals surface area contributed by atoms with Crippen molar-refractivity contribution in [1.29, 1.82) is 0 Å². The zero-order valence-electron chi connectivity index (χ0n) is 13.9. The molecule has 0 spiro atoms. The molecule has 0 aliphatic carbocycles. The molecular weight excluding hydrogens is 357 g/mol. The SMILES string of the molecule is C=CC[C@@]1(C)C[C@H](c2cncc(Cl)c2)[C@H](c2ccc(Cl)cc2)OC1=O. The second-order valence-electron chi connectivity index (χ2n) is 6.68. The molecule has 1 aliphatic heterocycles. The molecule has 5 heteroatoms. The number of cyclic esters (lactones) is 1. The summed E-state index contributed by atoms with van der Waals surface area (Å²) >= 11 is 12.1. The quantitative estimate of drug-likeness (QED) is 0.504. The highest BCUT2D eigenvalue weighted by atomic mass is 35.5. The molecule has 0 radical (unpaired) electrons. The average Bonchev–Trinajstić information content (AvgIpc) is 2.58. The Kier molecular flexibility index (Phi) is 5.16. The minimum absolute atomic E-state index is 0.0463. The van der Waals surface area contributed by atoms with Crippen LogP contribution in [0.25, 0.3) is 0 Å². The minimum atomic E-state index is -0.613. The van der Waals surface area contributed by atoms with E-state index in [1.54, 1.807) is 30.6 Å². The minimum Gasteiger partial charge on any atom is -0.456 e. The Balaban J connectivity index is 2.03. The van der Waals surface area contributed by atoms with E-state index in [2.05, 4.69) is 11.6 Å². The molecule has 1 fully saturated rings. The molecule has 0 unspecified atom stereocenters. The largest absolute Gasteiger partial charge is 0.456 e. The molecule has 0 N–H and O–H groups in total. The molecule has 1 aliphatic rings. The van der Waals surface area contributed by atoms with Crippen LogP contribution >= 0.6 is 23.2 Å². The number of esters is 1. The van der Waals surface area contributed by atoms with Crippen molar-refractivity contribution in [1.82, 2.24) is 4.98 Å². The Labute approximate surface area is 157 Å². The number of halogens is 2. The highest BCUT2D eigenvalue weighted by Gasteiger charge is 2.46. The number of hydrogen-bond acceptors (Lipinski definition) is 3.